The molecular weight excluding hydrogens is 462 g/mol. The highest BCUT2D eigenvalue weighted by atomic mass is 16.1. The van der Waals surface area contributed by atoms with Crippen LogP contribution in [-0.4, -0.2) is 35.1 Å². The molecule has 5 aromatic rings. The molecule has 0 spiro atoms. The minimum Gasteiger partial charge on any atom is -0.322 e. The Morgan fingerprint density at radius 1 is 1.00 bits per heavy atom. The monoisotopic (exact) mass is 493 g/mol. The van der Waals surface area contributed by atoms with Crippen molar-refractivity contribution in [1.82, 2.24) is 35.1 Å². The van der Waals surface area contributed by atoms with Gasteiger partial charge in [0.1, 0.15) is 0 Å². The van der Waals surface area contributed by atoms with Crippen LogP contribution in [0.1, 0.15) is 53.0 Å². The lowest BCUT2D eigenvalue weighted by Crippen LogP contribution is -2.32. The maximum atomic E-state index is 13.2. The zero-order chi connectivity index (χ0) is 25.8. The lowest BCUT2D eigenvalue weighted by molar-refractivity contribution is 0.161. The summed E-state index contributed by atoms with van der Waals surface area (Å²) in [5.74, 6) is 0.777. The van der Waals surface area contributed by atoms with Crippen molar-refractivity contribution in [2.24, 2.45) is 0 Å². The predicted molar refractivity (Wildman–Crippen MR) is 144 cm³/mol. The molecule has 1 N–H and O–H groups in total. The quantitative estimate of drug-likeness (QED) is 0.319. The molecule has 1 atom stereocenters. The van der Waals surface area contributed by atoms with E-state index >= 15 is 0 Å². The molecule has 0 bridgehead atoms. The molecule has 2 aromatic carbocycles. The molecule has 3 aromatic heterocycles. The third-order valence-electron chi connectivity index (χ3n) is 6.73. The fourth-order valence-electron chi connectivity index (χ4n) is 4.98. The number of fused-ring (bicyclic) bond motifs is 1. The number of aromatic nitrogens is 6. The largest absolute Gasteiger partial charge is 0.322 e. The van der Waals surface area contributed by atoms with Crippen molar-refractivity contribution in [2.45, 2.75) is 52.9 Å². The van der Waals surface area contributed by atoms with E-state index < -0.39 is 0 Å². The average molecular weight is 494 g/mol. The standard InChI is InChI=1S/C29H31N7O/c1-4-27(28-32-33-34-36(28)18-22-9-6-5-7-10-22)35(17-23-11-8-12-30-16-23)19-24-15-25-21(3)13-20(2)14-26(25)31-29(24)37/h5-16,27H,4,17-19H2,1-3H3,(H,31,37)/t27-/m0/s1. The predicted octanol–water partition coefficient (Wildman–Crippen LogP) is 4.73. The van der Waals surface area contributed by atoms with Crippen molar-refractivity contribution >= 4 is 10.9 Å². The molecular formula is C29H31N7O. The molecule has 0 radical (unpaired) electrons. The molecule has 0 aliphatic rings. The second-order valence-corrected chi connectivity index (χ2v) is 9.54. The highest BCUT2D eigenvalue weighted by molar-refractivity contribution is 5.83. The summed E-state index contributed by atoms with van der Waals surface area (Å²) in [6.45, 7) is 7.88. The SMILES string of the molecule is CC[C@@H](c1nnnn1Cc1ccccc1)N(Cc1cccnc1)Cc1cc2c(C)cc(C)cc2[nH]c1=O. The van der Waals surface area contributed by atoms with Gasteiger partial charge in [-0.2, -0.15) is 0 Å². The van der Waals surface area contributed by atoms with Crippen LogP contribution in [-0.2, 0) is 19.6 Å². The van der Waals surface area contributed by atoms with Crippen LogP contribution in [0.5, 0.6) is 0 Å². The van der Waals surface area contributed by atoms with Gasteiger partial charge in [0.15, 0.2) is 5.82 Å². The van der Waals surface area contributed by atoms with Crippen molar-refractivity contribution in [3.05, 3.63) is 117 Å². The summed E-state index contributed by atoms with van der Waals surface area (Å²) in [5, 5.41) is 13.8. The highest BCUT2D eigenvalue weighted by Gasteiger charge is 2.26. The van der Waals surface area contributed by atoms with E-state index in [1.165, 1.54) is 0 Å². The number of aryl methyl sites for hydroxylation is 2. The molecule has 5 rings (SSSR count). The first-order valence-corrected chi connectivity index (χ1v) is 12.6. The Balaban J connectivity index is 1.53. The summed E-state index contributed by atoms with van der Waals surface area (Å²) < 4.78 is 1.86. The Bertz CT molecular complexity index is 1540. The van der Waals surface area contributed by atoms with Gasteiger partial charge in [0.2, 0.25) is 0 Å². The highest BCUT2D eigenvalue weighted by Crippen LogP contribution is 2.27. The number of nitrogens with zero attached hydrogens (tertiary/aromatic N) is 6. The normalized spacial score (nSPS) is 12.3. The summed E-state index contributed by atoms with van der Waals surface area (Å²) in [7, 11) is 0. The van der Waals surface area contributed by atoms with Crippen molar-refractivity contribution in [3.8, 4) is 0 Å². The summed E-state index contributed by atoms with van der Waals surface area (Å²) in [6, 6.07) is 20.2. The van der Waals surface area contributed by atoms with Gasteiger partial charge in [-0.1, -0.05) is 49.4 Å². The van der Waals surface area contributed by atoms with E-state index in [4.69, 9.17) is 0 Å². The van der Waals surface area contributed by atoms with Crippen molar-refractivity contribution in [3.63, 3.8) is 0 Å². The van der Waals surface area contributed by atoms with E-state index in [9.17, 15) is 4.79 Å². The Kier molecular flexibility index (Phi) is 7.18. The average Bonchev–Trinajstić information content (AvgIpc) is 3.34. The van der Waals surface area contributed by atoms with Crippen LogP contribution >= 0.6 is 0 Å². The number of hydrogen-bond donors (Lipinski definition) is 1. The van der Waals surface area contributed by atoms with Gasteiger partial charge in [-0.25, -0.2) is 4.68 Å². The molecule has 0 saturated carbocycles. The number of pyridine rings is 2. The Morgan fingerprint density at radius 3 is 2.57 bits per heavy atom. The Labute approximate surface area is 216 Å². The first-order chi connectivity index (χ1) is 18.0. The van der Waals surface area contributed by atoms with E-state index in [2.05, 4.69) is 68.5 Å². The maximum Gasteiger partial charge on any atom is 0.252 e. The van der Waals surface area contributed by atoms with Crippen LogP contribution in [0.4, 0.5) is 0 Å². The third-order valence-corrected chi connectivity index (χ3v) is 6.73. The van der Waals surface area contributed by atoms with Crippen molar-refractivity contribution in [1.29, 1.82) is 0 Å². The molecule has 37 heavy (non-hydrogen) atoms. The van der Waals surface area contributed by atoms with Gasteiger partial charge in [-0.05, 0) is 71.1 Å². The fraction of sp³-hybridized carbons (Fsp3) is 0.276. The van der Waals surface area contributed by atoms with Crippen LogP contribution in [0.25, 0.3) is 10.9 Å². The zero-order valence-electron chi connectivity index (χ0n) is 21.4. The molecule has 0 aliphatic heterocycles. The van der Waals surface area contributed by atoms with E-state index in [0.717, 1.165) is 45.4 Å². The van der Waals surface area contributed by atoms with E-state index in [0.29, 0.717) is 25.2 Å². The molecule has 0 amide bonds. The zero-order valence-corrected chi connectivity index (χ0v) is 21.4. The minimum atomic E-state index is -0.104. The summed E-state index contributed by atoms with van der Waals surface area (Å²) >= 11 is 0. The first-order valence-electron chi connectivity index (χ1n) is 12.6. The lowest BCUT2D eigenvalue weighted by Gasteiger charge is -2.30. The third kappa shape index (κ3) is 5.49. The fourth-order valence-corrected chi connectivity index (χ4v) is 4.98. The van der Waals surface area contributed by atoms with Crippen LogP contribution in [0.3, 0.4) is 0 Å². The number of tetrazole rings is 1. The van der Waals surface area contributed by atoms with Crippen LogP contribution < -0.4 is 5.56 Å². The molecule has 188 valence electrons. The smallest absolute Gasteiger partial charge is 0.252 e. The number of aromatic amines is 1. The van der Waals surface area contributed by atoms with E-state index in [1.807, 2.05) is 54.2 Å². The molecule has 0 fully saturated rings. The number of hydrogen-bond acceptors (Lipinski definition) is 6. The number of H-pyrrole nitrogens is 1. The maximum absolute atomic E-state index is 13.2. The van der Waals surface area contributed by atoms with Gasteiger partial charge in [-0.15, -0.1) is 5.10 Å². The molecule has 0 saturated heterocycles. The Hall–Kier alpha value is -4.17. The summed E-state index contributed by atoms with van der Waals surface area (Å²) in [6.07, 6.45) is 4.41. The van der Waals surface area contributed by atoms with Crippen LogP contribution in [0, 0.1) is 13.8 Å². The van der Waals surface area contributed by atoms with Crippen molar-refractivity contribution in [2.75, 3.05) is 0 Å². The van der Waals surface area contributed by atoms with Gasteiger partial charge in [0, 0.05) is 41.9 Å². The lowest BCUT2D eigenvalue weighted by atomic mass is 10.0. The van der Waals surface area contributed by atoms with Crippen LogP contribution in [0.15, 0.2) is 77.9 Å². The number of rotatable bonds is 9. The van der Waals surface area contributed by atoms with Gasteiger partial charge in [0.05, 0.1) is 12.6 Å². The van der Waals surface area contributed by atoms with E-state index in [-0.39, 0.29) is 11.6 Å². The molecule has 0 aliphatic carbocycles. The molecule has 8 heteroatoms. The van der Waals surface area contributed by atoms with Gasteiger partial charge in [-0.3, -0.25) is 14.7 Å². The second kappa shape index (κ2) is 10.8. The summed E-state index contributed by atoms with van der Waals surface area (Å²) in [4.78, 5) is 22.9. The minimum absolute atomic E-state index is 0.0765. The number of nitrogens with one attached hydrogen (secondary N) is 1. The van der Waals surface area contributed by atoms with Gasteiger partial charge in [0.25, 0.3) is 5.56 Å². The molecule has 8 nitrogen and oxygen atoms in total. The Morgan fingerprint density at radius 2 is 1.81 bits per heavy atom. The molecule has 3 heterocycles. The number of benzene rings is 2. The van der Waals surface area contributed by atoms with Gasteiger partial charge < -0.3 is 4.98 Å². The second-order valence-electron chi connectivity index (χ2n) is 9.54. The van der Waals surface area contributed by atoms with Crippen LogP contribution in [0.2, 0.25) is 0 Å². The van der Waals surface area contributed by atoms with Crippen molar-refractivity contribution < 1.29 is 0 Å². The topological polar surface area (TPSA) is 92.6 Å². The summed E-state index contributed by atoms with van der Waals surface area (Å²) in [5.41, 5.74) is 5.96. The molecule has 0 unspecified atom stereocenters. The first kappa shape index (κ1) is 24.5. The van der Waals surface area contributed by atoms with Gasteiger partial charge >= 0.3 is 0 Å². The van der Waals surface area contributed by atoms with E-state index in [1.54, 1.807) is 6.20 Å².